The van der Waals surface area contributed by atoms with Gasteiger partial charge in [-0.3, -0.25) is 4.79 Å². The lowest BCUT2D eigenvalue weighted by Gasteiger charge is -2.29. The van der Waals surface area contributed by atoms with E-state index < -0.39 is 6.10 Å². The summed E-state index contributed by atoms with van der Waals surface area (Å²) in [5.74, 6) is -0.123. The van der Waals surface area contributed by atoms with E-state index in [-0.39, 0.29) is 40.8 Å². The van der Waals surface area contributed by atoms with Crippen molar-refractivity contribution in [3.63, 3.8) is 0 Å². The first-order valence-electron chi connectivity index (χ1n) is 10.0. The van der Waals surface area contributed by atoms with Gasteiger partial charge in [0.05, 0.1) is 6.42 Å². The number of hydrogen-bond acceptors (Lipinski definition) is 5. The van der Waals surface area contributed by atoms with Crippen molar-refractivity contribution in [2.24, 2.45) is 0 Å². The highest BCUT2D eigenvalue weighted by Crippen LogP contribution is 2.48. The standard InChI is InChI=1S/C25H28O5/c1-14(2)5-11-18-23(28)19(12-6-15(3)4)25-22(24(18)29)20(27)13-21(30-25)16-7-9-17(26)10-8-16/h5-10,21,26,28-29H,11-13H2,1-4H3/t21-/m0/s1. The first kappa shape index (κ1) is 21.5. The largest absolute Gasteiger partial charge is 0.508 e. The first-order valence-corrected chi connectivity index (χ1v) is 10.0. The quantitative estimate of drug-likeness (QED) is 0.567. The number of fused-ring (bicyclic) bond motifs is 1. The molecule has 5 nitrogen and oxygen atoms in total. The van der Waals surface area contributed by atoms with Gasteiger partial charge in [0, 0.05) is 11.1 Å². The topological polar surface area (TPSA) is 87.0 Å². The number of aromatic hydroxyl groups is 3. The summed E-state index contributed by atoms with van der Waals surface area (Å²) >= 11 is 0. The third-order valence-corrected chi connectivity index (χ3v) is 5.20. The average molecular weight is 408 g/mol. The molecule has 0 fully saturated rings. The van der Waals surface area contributed by atoms with Crippen LogP contribution in [0.25, 0.3) is 0 Å². The highest BCUT2D eigenvalue weighted by Gasteiger charge is 2.35. The number of hydrogen-bond donors (Lipinski definition) is 3. The summed E-state index contributed by atoms with van der Waals surface area (Å²) in [5, 5.41) is 31.4. The Bertz CT molecular complexity index is 1020. The fraction of sp³-hybridized carbons (Fsp3) is 0.320. The van der Waals surface area contributed by atoms with Crippen molar-refractivity contribution in [1.29, 1.82) is 0 Å². The van der Waals surface area contributed by atoms with Gasteiger partial charge in [0.25, 0.3) is 0 Å². The summed E-state index contributed by atoms with van der Waals surface area (Å²) in [7, 11) is 0. The number of ketones is 1. The van der Waals surface area contributed by atoms with Gasteiger partial charge in [0.1, 0.15) is 34.7 Å². The number of rotatable bonds is 5. The summed E-state index contributed by atoms with van der Waals surface area (Å²) in [4.78, 5) is 13.0. The van der Waals surface area contributed by atoms with Gasteiger partial charge >= 0.3 is 0 Å². The van der Waals surface area contributed by atoms with Crippen LogP contribution >= 0.6 is 0 Å². The van der Waals surface area contributed by atoms with Crippen molar-refractivity contribution in [1.82, 2.24) is 0 Å². The maximum Gasteiger partial charge on any atom is 0.174 e. The number of phenolic OH excluding ortho intramolecular Hbond substituents is 3. The number of carbonyl (C=O) groups excluding carboxylic acids is 1. The molecule has 0 amide bonds. The van der Waals surface area contributed by atoms with Crippen molar-refractivity contribution in [3.05, 3.63) is 69.8 Å². The molecule has 0 aromatic heterocycles. The van der Waals surface area contributed by atoms with Crippen LogP contribution in [-0.2, 0) is 12.8 Å². The van der Waals surface area contributed by atoms with Crippen LogP contribution in [0.15, 0.2) is 47.6 Å². The van der Waals surface area contributed by atoms with Crippen LogP contribution in [0.2, 0.25) is 0 Å². The Morgan fingerprint density at radius 2 is 1.50 bits per heavy atom. The monoisotopic (exact) mass is 408 g/mol. The van der Waals surface area contributed by atoms with E-state index in [0.717, 1.165) is 16.7 Å². The third kappa shape index (κ3) is 4.35. The Labute approximate surface area is 177 Å². The molecule has 0 saturated carbocycles. The summed E-state index contributed by atoms with van der Waals surface area (Å²) in [5.41, 5.74) is 3.83. The average Bonchev–Trinajstić information content (AvgIpc) is 2.67. The molecule has 2 aromatic rings. The fourth-order valence-electron chi connectivity index (χ4n) is 3.52. The Morgan fingerprint density at radius 1 is 0.933 bits per heavy atom. The van der Waals surface area contributed by atoms with E-state index in [1.165, 1.54) is 0 Å². The van der Waals surface area contributed by atoms with E-state index >= 15 is 0 Å². The fourth-order valence-corrected chi connectivity index (χ4v) is 3.52. The third-order valence-electron chi connectivity index (χ3n) is 5.20. The van der Waals surface area contributed by atoms with Gasteiger partial charge in [0.15, 0.2) is 5.78 Å². The predicted octanol–water partition coefficient (Wildman–Crippen LogP) is 5.53. The lowest BCUT2D eigenvalue weighted by molar-refractivity contribution is 0.0842. The lowest BCUT2D eigenvalue weighted by atomic mass is 9.89. The van der Waals surface area contributed by atoms with Crippen molar-refractivity contribution in [2.75, 3.05) is 0 Å². The smallest absolute Gasteiger partial charge is 0.174 e. The summed E-state index contributed by atoms with van der Waals surface area (Å²) in [6, 6.07) is 6.49. The van der Waals surface area contributed by atoms with Crippen molar-refractivity contribution >= 4 is 5.78 Å². The van der Waals surface area contributed by atoms with E-state index in [1.54, 1.807) is 24.3 Å². The summed E-state index contributed by atoms with van der Waals surface area (Å²) in [6.45, 7) is 7.79. The van der Waals surface area contributed by atoms with Crippen molar-refractivity contribution in [2.45, 2.75) is 53.1 Å². The Balaban J connectivity index is 2.15. The minimum absolute atomic E-state index is 0.0413. The molecule has 0 unspecified atom stereocenters. The second kappa shape index (κ2) is 8.66. The van der Waals surface area contributed by atoms with Crippen LogP contribution in [0, 0.1) is 0 Å². The van der Waals surface area contributed by atoms with Gasteiger partial charge < -0.3 is 20.1 Å². The second-order valence-corrected chi connectivity index (χ2v) is 8.15. The molecule has 1 aliphatic heterocycles. The van der Waals surface area contributed by atoms with Gasteiger partial charge in [0.2, 0.25) is 0 Å². The van der Waals surface area contributed by atoms with Crippen LogP contribution < -0.4 is 4.74 Å². The van der Waals surface area contributed by atoms with E-state index in [4.69, 9.17) is 4.74 Å². The predicted molar refractivity (Wildman–Crippen MR) is 116 cm³/mol. The van der Waals surface area contributed by atoms with Gasteiger partial charge in [-0.05, 0) is 58.2 Å². The van der Waals surface area contributed by atoms with Crippen LogP contribution in [0.5, 0.6) is 23.0 Å². The second-order valence-electron chi connectivity index (χ2n) is 8.15. The zero-order chi connectivity index (χ0) is 22.0. The van der Waals surface area contributed by atoms with E-state index in [0.29, 0.717) is 24.0 Å². The molecule has 0 bridgehead atoms. The minimum Gasteiger partial charge on any atom is -0.508 e. The van der Waals surface area contributed by atoms with Crippen molar-refractivity contribution < 1.29 is 24.9 Å². The molecular formula is C25H28O5. The van der Waals surface area contributed by atoms with Crippen LogP contribution in [0.4, 0.5) is 0 Å². The minimum atomic E-state index is -0.557. The van der Waals surface area contributed by atoms with Crippen LogP contribution in [-0.4, -0.2) is 21.1 Å². The molecular weight excluding hydrogens is 380 g/mol. The normalized spacial score (nSPS) is 15.2. The molecule has 0 saturated heterocycles. The number of Topliss-reactive ketones (excluding diaryl/α,β-unsaturated/α-hetero) is 1. The molecule has 0 radical (unpaired) electrons. The highest BCUT2D eigenvalue weighted by molar-refractivity contribution is 6.04. The zero-order valence-corrected chi connectivity index (χ0v) is 17.8. The van der Waals surface area contributed by atoms with E-state index in [9.17, 15) is 20.1 Å². The molecule has 158 valence electrons. The molecule has 3 N–H and O–H groups in total. The van der Waals surface area contributed by atoms with Crippen molar-refractivity contribution in [3.8, 4) is 23.0 Å². The summed E-state index contributed by atoms with van der Waals surface area (Å²) < 4.78 is 6.17. The van der Waals surface area contributed by atoms with E-state index in [1.807, 2.05) is 39.8 Å². The molecule has 5 heteroatoms. The number of allylic oxidation sites excluding steroid dienone is 4. The number of carbonyl (C=O) groups is 1. The molecule has 1 aliphatic rings. The number of benzene rings is 2. The molecule has 3 rings (SSSR count). The highest BCUT2D eigenvalue weighted by atomic mass is 16.5. The van der Waals surface area contributed by atoms with Gasteiger partial charge in [-0.2, -0.15) is 0 Å². The molecule has 30 heavy (non-hydrogen) atoms. The molecule has 0 aliphatic carbocycles. The maximum absolute atomic E-state index is 13.0. The molecule has 0 spiro atoms. The molecule has 2 aromatic carbocycles. The van der Waals surface area contributed by atoms with E-state index in [2.05, 4.69) is 0 Å². The van der Waals surface area contributed by atoms with Gasteiger partial charge in [-0.15, -0.1) is 0 Å². The molecule has 1 heterocycles. The van der Waals surface area contributed by atoms with Crippen LogP contribution in [0.3, 0.4) is 0 Å². The Morgan fingerprint density at radius 3 is 2.07 bits per heavy atom. The number of phenols is 3. The molecule has 1 atom stereocenters. The maximum atomic E-state index is 13.0. The zero-order valence-electron chi connectivity index (χ0n) is 17.8. The first-order chi connectivity index (χ1) is 14.2. The Kier molecular flexibility index (Phi) is 6.20. The van der Waals surface area contributed by atoms with Gasteiger partial charge in [-0.1, -0.05) is 35.4 Å². The number of ether oxygens (including phenoxy) is 1. The summed E-state index contributed by atoms with van der Waals surface area (Å²) in [6.07, 6.45) is 4.07. The van der Waals surface area contributed by atoms with Gasteiger partial charge in [-0.25, -0.2) is 0 Å². The Hall–Kier alpha value is -3.21. The SMILES string of the molecule is CC(C)=CCc1c(O)c(CC=C(C)C)c2c(c1O)C(=O)C[C@@H](c1ccc(O)cc1)O2. The lowest BCUT2D eigenvalue weighted by Crippen LogP contribution is -2.22. The van der Waals surface area contributed by atoms with Crippen LogP contribution in [0.1, 0.15) is 67.3 Å².